The highest BCUT2D eigenvalue weighted by Gasteiger charge is 2.23. The molecule has 0 radical (unpaired) electrons. The van der Waals surface area contributed by atoms with Crippen LogP contribution in [-0.4, -0.2) is 29.5 Å². The summed E-state index contributed by atoms with van der Waals surface area (Å²) in [5, 5.41) is 4.29. The van der Waals surface area contributed by atoms with Crippen molar-refractivity contribution in [3.63, 3.8) is 0 Å². The van der Waals surface area contributed by atoms with E-state index in [2.05, 4.69) is 5.10 Å². The Hall–Kier alpha value is -2.14. The Morgan fingerprint density at radius 3 is 2.65 bits per heavy atom. The predicted molar refractivity (Wildman–Crippen MR) is 74.9 cm³/mol. The van der Waals surface area contributed by atoms with Gasteiger partial charge in [-0.25, -0.2) is 9.48 Å². The van der Waals surface area contributed by atoms with Crippen molar-refractivity contribution in [1.29, 1.82) is 0 Å². The molecule has 20 heavy (non-hydrogen) atoms. The predicted octanol–water partition coefficient (Wildman–Crippen LogP) is 2.76. The quantitative estimate of drug-likeness (QED) is 0.787. The van der Waals surface area contributed by atoms with Gasteiger partial charge in [0.25, 0.3) is 0 Å². The summed E-state index contributed by atoms with van der Waals surface area (Å²) in [6.07, 6.45) is 1.26. The average molecular weight is 274 g/mol. The second-order valence-corrected chi connectivity index (χ2v) is 4.29. The van der Waals surface area contributed by atoms with E-state index in [9.17, 15) is 4.79 Å². The molecule has 0 N–H and O–H groups in total. The molecule has 2 aromatic rings. The summed E-state index contributed by atoms with van der Waals surface area (Å²) in [6.45, 7) is 3.98. The second kappa shape index (κ2) is 6.34. The van der Waals surface area contributed by atoms with Gasteiger partial charge in [-0.05, 0) is 26.0 Å². The zero-order valence-corrected chi connectivity index (χ0v) is 11.9. The van der Waals surface area contributed by atoms with Crippen LogP contribution in [0.15, 0.2) is 36.5 Å². The van der Waals surface area contributed by atoms with Crippen molar-refractivity contribution in [1.82, 2.24) is 9.78 Å². The molecule has 0 saturated carbocycles. The number of nitrogens with zero attached hydrogens (tertiary/aromatic N) is 2. The molecular formula is C15H18N2O3. The first-order valence-electron chi connectivity index (χ1n) is 6.52. The smallest absolute Gasteiger partial charge is 0.341 e. The molecule has 0 aliphatic rings. The van der Waals surface area contributed by atoms with Crippen LogP contribution in [0.4, 0.5) is 0 Å². The lowest BCUT2D eigenvalue weighted by Gasteiger charge is -2.14. The Morgan fingerprint density at radius 2 is 2.05 bits per heavy atom. The number of carbonyl (C=O) groups is 1. The third kappa shape index (κ3) is 2.72. The standard InChI is InChI=1S/C15H18N2O3/c1-4-20-15(18)13-10-16-17(14(13)11(2)19-3)12-8-6-5-7-9-12/h5-11H,4H2,1-3H3. The molecule has 5 nitrogen and oxygen atoms in total. The van der Waals surface area contributed by atoms with Gasteiger partial charge in [0.15, 0.2) is 0 Å². The van der Waals surface area contributed by atoms with E-state index in [0.29, 0.717) is 17.9 Å². The van der Waals surface area contributed by atoms with Gasteiger partial charge >= 0.3 is 5.97 Å². The van der Waals surface area contributed by atoms with E-state index in [4.69, 9.17) is 9.47 Å². The third-order valence-corrected chi connectivity index (χ3v) is 3.04. The minimum atomic E-state index is -0.381. The molecule has 0 spiro atoms. The minimum absolute atomic E-state index is 0.267. The Balaban J connectivity index is 2.51. The maximum atomic E-state index is 12.0. The molecule has 106 valence electrons. The first-order chi connectivity index (χ1) is 9.69. The molecule has 0 amide bonds. The first-order valence-corrected chi connectivity index (χ1v) is 6.52. The van der Waals surface area contributed by atoms with E-state index in [-0.39, 0.29) is 12.1 Å². The summed E-state index contributed by atoms with van der Waals surface area (Å²) in [4.78, 5) is 12.0. The summed E-state index contributed by atoms with van der Waals surface area (Å²) in [7, 11) is 1.60. The molecule has 2 rings (SSSR count). The van der Waals surface area contributed by atoms with E-state index in [1.807, 2.05) is 37.3 Å². The van der Waals surface area contributed by atoms with Gasteiger partial charge in [-0.15, -0.1) is 0 Å². The molecule has 0 bridgehead atoms. The van der Waals surface area contributed by atoms with Gasteiger partial charge in [0.05, 0.1) is 30.3 Å². The van der Waals surface area contributed by atoms with Crippen LogP contribution in [0.1, 0.15) is 36.0 Å². The van der Waals surface area contributed by atoms with E-state index in [1.54, 1.807) is 18.7 Å². The zero-order chi connectivity index (χ0) is 14.5. The number of para-hydroxylation sites is 1. The van der Waals surface area contributed by atoms with Crippen LogP contribution in [0.25, 0.3) is 5.69 Å². The molecular weight excluding hydrogens is 256 g/mol. The number of carbonyl (C=O) groups excluding carboxylic acids is 1. The summed E-state index contributed by atoms with van der Waals surface area (Å²) in [6, 6.07) is 9.62. The highest BCUT2D eigenvalue weighted by molar-refractivity contribution is 5.90. The minimum Gasteiger partial charge on any atom is -0.462 e. The van der Waals surface area contributed by atoms with Crippen LogP contribution < -0.4 is 0 Å². The van der Waals surface area contributed by atoms with Gasteiger partial charge in [0.2, 0.25) is 0 Å². The molecule has 5 heteroatoms. The number of rotatable bonds is 5. The second-order valence-electron chi connectivity index (χ2n) is 4.29. The molecule has 1 aromatic heterocycles. The first kappa shape index (κ1) is 14.3. The van der Waals surface area contributed by atoms with Crippen molar-refractivity contribution in [2.75, 3.05) is 13.7 Å². The highest BCUT2D eigenvalue weighted by atomic mass is 16.5. The van der Waals surface area contributed by atoms with Crippen molar-refractivity contribution < 1.29 is 14.3 Å². The van der Waals surface area contributed by atoms with Crippen molar-refractivity contribution in [2.45, 2.75) is 20.0 Å². The average Bonchev–Trinajstić information content (AvgIpc) is 2.92. The molecule has 0 aliphatic heterocycles. The summed E-state index contributed by atoms with van der Waals surface area (Å²) in [5.74, 6) is -0.381. The van der Waals surface area contributed by atoms with Crippen LogP contribution in [0.5, 0.6) is 0 Å². The van der Waals surface area contributed by atoms with Crippen molar-refractivity contribution in [3.05, 3.63) is 47.8 Å². The lowest BCUT2D eigenvalue weighted by molar-refractivity contribution is 0.0514. The fraction of sp³-hybridized carbons (Fsp3) is 0.333. The van der Waals surface area contributed by atoms with Crippen LogP contribution in [0.2, 0.25) is 0 Å². The number of hydrogen-bond donors (Lipinski definition) is 0. The normalized spacial score (nSPS) is 12.2. The Kier molecular flexibility index (Phi) is 4.53. The van der Waals surface area contributed by atoms with Crippen molar-refractivity contribution in [3.8, 4) is 5.69 Å². The van der Waals surface area contributed by atoms with E-state index in [0.717, 1.165) is 5.69 Å². The summed E-state index contributed by atoms with van der Waals surface area (Å²) in [5.41, 5.74) is 2.00. The van der Waals surface area contributed by atoms with Crippen LogP contribution >= 0.6 is 0 Å². The van der Waals surface area contributed by atoms with Gasteiger partial charge in [0.1, 0.15) is 5.56 Å². The lowest BCUT2D eigenvalue weighted by atomic mass is 10.1. The molecule has 1 unspecified atom stereocenters. The van der Waals surface area contributed by atoms with Gasteiger partial charge in [-0.3, -0.25) is 0 Å². The summed E-state index contributed by atoms with van der Waals surface area (Å²) >= 11 is 0. The molecule has 0 saturated heterocycles. The maximum Gasteiger partial charge on any atom is 0.341 e. The van der Waals surface area contributed by atoms with E-state index in [1.165, 1.54) is 6.20 Å². The van der Waals surface area contributed by atoms with Gasteiger partial charge in [-0.2, -0.15) is 5.10 Å². The van der Waals surface area contributed by atoms with Crippen LogP contribution in [-0.2, 0) is 9.47 Å². The van der Waals surface area contributed by atoms with E-state index >= 15 is 0 Å². The largest absolute Gasteiger partial charge is 0.462 e. The summed E-state index contributed by atoms with van der Waals surface area (Å²) < 4.78 is 12.1. The number of esters is 1. The number of hydrogen-bond acceptors (Lipinski definition) is 4. The number of benzene rings is 1. The Morgan fingerprint density at radius 1 is 1.35 bits per heavy atom. The Labute approximate surface area is 118 Å². The fourth-order valence-electron chi connectivity index (χ4n) is 2.00. The fourth-order valence-corrected chi connectivity index (χ4v) is 2.00. The van der Waals surface area contributed by atoms with Gasteiger partial charge in [-0.1, -0.05) is 18.2 Å². The molecule has 1 aromatic carbocycles. The van der Waals surface area contributed by atoms with Crippen molar-refractivity contribution in [2.24, 2.45) is 0 Å². The lowest BCUT2D eigenvalue weighted by Crippen LogP contribution is -2.13. The van der Waals surface area contributed by atoms with E-state index < -0.39 is 0 Å². The topological polar surface area (TPSA) is 53.3 Å². The zero-order valence-electron chi connectivity index (χ0n) is 11.9. The number of ether oxygens (including phenoxy) is 2. The maximum absolute atomic E-state index is 12.0. The monoisotopic (exact) mass is 274 g/mol. The molecule has 1 heterocycles. The molecule has 0 aliphatic carbocycles. The molecule has 0 fully saturated rings. The molecule has 1 atom stereocenters. The van der Waals surface area contributed by atoms with Gasteiger partial charge in [0, 0.05) is 7.11 Å². The highest BCUT2D eigenvalue weighted by Crippen LogP contribution is 2.24. The SMILES string of the molecule is CCOC(=O)c1cnn(-c2ccccc2)c1C(C)OC. The van der Waals surface area contributed by atoms with Crippen LogP contribution in [0.3, 0.4) is 0 Å². The van der Waals surface area contributed by atoms with Gasteiger partial charge < -0.3 is 9.47 Å². The number of aromatic nitrogens is 2. The van der Waals surface area contributed by atoms with Crippen LogP contribution in [0, 0.1) is 0 Å². The Bertz CT molecular complexity index is 578. The van der Waals surface area contributed by atoms with Crippen molar-refractivity contribution >= 4 is 5.97 Å². The number of methoxy groups -OCH3 is 1. The third-order valence-electron chi connectivity index (χ3n) is 3.04.